The molecule has 2 heteroatoms. The first-order chi connectivity index (χ1) is 8.38. The van der Waals surface area contributed by atoms with Crippen LogP contribution in [0.25, 0.3) is 22.0 Å². The Balaban J connectivity index is 2.27. The summed E-state index contributed by atoms with van der Waals surface area (Å²) >= 11 is 0. The van der Waals surface area contributed by atoms with Crippen LogP contribution in [0.4, 0.5) is 0 Å². The third kappa shape index (κ3) is 1.64. The fourth-order valence-corrected chi connectivity index (χ4v) is 2.07. The van der Waals surface area contributed by atoms with Crippen LogP contribution in [0, 0.1) is 0 Å². The van der Waals surface area contributed by atoms with Crippen molar-refractivity contribution in [3.8, 4) is 11.1 Å². The van der Waals surface area contributed by atoms with Crippen LogP contribution in [0.2, 0.25) is 0 Å². The largest absolute Gasteiger partial charge is 0.361 e. The summed E-state index contributed by atoms with van der Waals surface area (Å²) in [5.41, 5.74) is 4.04. The van der Waals surface area contributed by atoms with Crippen molar-refractivity contribution in [3.63, 3.8) is 0 Å². The molecule has 0 radical (unpaired) electrons. The van der Waals surface area contributed by atoms with E-state index in [4.69, 9.17) is 0 Å². The Morgan fingerprint density at radius 2 is 1.82 bits per heavy atom. The molecule has 0 amide bonds. The van der Waals surface area contributed by atoms with Gasteiger partial charge in [-0.05, 0) is 23.8 Å². The molecule has 0 fully saturated rings. The number of nitrogens with one attached hydrogen (secondary N) is 1. The molecule has 82 valence electrons. The van der Waals surface area contributed by atoms with E-state index in [2.05, 4.69) is 17.1 Å². The molecule has 3 aromatic rings. The lowest BCUT2D eigenvalue weighted by Gasteiger charge is -1.99. The van der Waals surface area contributed by atoms with Gasteiger partial charge in [0.05, 0.1) is 0 Å². The van der Waals surface area contributed by atoms with Gasteiger partial charge in [-0.3, -0.25) is 4.79 Å². The van der Waals surface area contributed by atoms with Crippen molar-refractivity contribution in [2.24, 2.45) is 0 Å². The molecule has 0 spiro atoms. The van der Waals surface area contributed by atoms with E-state index >= 15 is 0 Å². The Labute approximate surface area is 98.9 Å². The molecule has 0 aliphatic rings. The zero-order chi connectivity index (χ0) is 11.7. The Kier molecular flexibility index (Phi) is 2.26. The number of H-pyrrole nitrogens is 1. The maximum atomic E-state index is 10.8. The van der Waals surface area contributed by atoms with E-state index in [1.165, 1.54) is 0 Å². The smallest absolute Gasteiger partial charge is 0.150 e. The first-order valence-electron chi connectivity index (χ1n) is 5.50. The summed E-state index contributed by atoms with van der Waals surface area (Å²) in [6, 6.07) is 15.8. The van der Waals surface area contributed by atoms with Crippen LogP contribution in [0.15, 0.2) is 54.7 Å². The van der Waals surface area contributed by atoms with Crippen LogP contribution in [0.1, 0.15) is 10.4 Å². The average molecular weight is 221 g/mol. The van der Waals surface area contributed by atoms with Crippen molar-refractivity contribution < 1.29 is 4.79 Å². The van der Waals surface area contributed by atoms with Crippen molar-refractivity contribution in [1.82, 2.24) is 4.98 Å². The highest BCUT2D eigenvalue weighted by molar-refractivity contribution is 5.98. The van der Waals surface area contributed by atoms with Gasteiger partial charge in [0.25, 0.3) is 0 Å². The summed E-state index contributed by atoms with van der Waals surface area (Å²) in [4.78, 5) is 14.0. The van der Waals surface area contributed by atoms with Crippen LogP contribution >= 0.6 is 0 Å². The molecular weight excluding hydrogens is 210 g/mol. The lowest BCUT2D eigenvalue weighted by atomic mass is 10.0. The topological polar surface area (TPSA) is 32.9 Å². The molecule has 0 bridgehead atoms. The molecule has 17 heavy (non-hydrogen) atoms. The normalized spacial score (nSPS) is 10.6. The van der Waals surface area contributed by atoms with Gasteiger partial charge in [-0.15, -0.1) is 0 Å². The molecule has 0 atom stereocenters. The molecule has 1 aromatic heterocycles. The molecule has 0 saturated heterocycles. The highest BCUT2D eigenvalue weighted by Gasteiger charge is 2.05. The maximum Gasteiger partial charge on any atom is 0.150 e. The molecule has 1 N–H and O–H groups in total. The van der Waals surface area contributed by atoms with Crippen molar-refractivity contribution in [1.29, 1.82) is 0 Å². The van der Waals surface area contributed by atoms with Crippen LogP contribution in [0.5, 0.6) is 0 Å². The van der Waals surface area contributed by atoms with Crippen molar-refractivity contribution in [3.05, 3.63) is 60.3 Å². The number of carbonyl (C=O) groups is 1. The van der Waals surface area contributed by atoms with Crippen molar-refractivity contribution in [2.75, 3.05) is 0 Å². The predicted octanol–water partition coefficient (Wildman–Crippen LogP) is 3.65. The highest BCUT2D eigenvalue weighted by Crippen LogP contribution is 2.28. The lowest BCUT2D eigenvalue weighted by Crippen LogP contribution is -1.79. The van der Waals surface area contributed by atoms with Gasteiger partial charge in [0.2, 0.25) is 0 Å². The number of aromatic nitrogens is 1. The average Bonchev–Trinajstić information content (AvgIpc) is 2.82. The Bertz CT molecular complexity index is 668. The second-order valence-corrected chi connectivity index (χ2v) is 3.99. The molecule has 0 aliphatic heterocycles. The molecule has 2 nitrogen and oxygen atoms in total. The van der Waals surface area contributed by atoms with Gasteiger partial charge in [0.15, 0.2) is 0 Å². The number of fused-ring (bicyclic) bond motifs is 1. The first kappa shape index (κ1) is 9.85. The number of carbonyl (C=O) groups excluding carboxylic acids is 1. The SMILES string of the molecule is O=Cc1ccc2[nH]cc(-c3ccccc3)c2c1. The lowest BCUT2D eigenvalue weighted by molar-refractivity contribution is 0.112. The summed E-state index contributed by atoms with van der Waals surface area (Å²) in [6.45, 7) is 0. The number of aromatic amines is 1. The van der Waals surface area contributed by atoms with Crippen LogP contribution in [-0.4, -0.2) is 11.3 Å². The van der Waals surface area contributed by atoms with Crippen LogP contribution in [-0.2, 0) is 0 Å². The van der Waals surface area contributed by atoms with Crippen LogP contribution < -0.4 is 0 Å². The minimum absolute atomic E-state index is 0.703. The van der Waals surface area contributed by atoms with E-state index < -0.39 is 0 Å². The number of benzene rings is 2. The predicted molar refractivity (Wildman–Crippen MR) is 69.1 cm³/mol. The summed E-state index contributed by atoms with van der Waals surface area (Å²) < 4.78 is 0. The van der Waals surface area contributed by atoms with Crippen molar-refractivity contribution >= 4 is 17.2 Å². The fraction of sp³-hybridized carbons (Fsp3) is 0. The number of aldehydes is 1. The van der Waals surface area contributed by atoms with E-state index in [1.54, 1.807) is 0 Å². The molecule has 3 rings (SSSR count). The standard InChI is InChI=1S/C15H11NO/c17-10-11-6-7-15-13(8-11)14(9-16-15)12-4-2-1-3-5-12/h1-10,16H. The highest BCUT2D eigenvalue weighted by atomic mass is 16.1. The molecule has 2 aromatic carbocycles. The third-order valence-electron chi connectivity index (χ3n) is 2.93. The first-order valence-corrected chi connectivity index (χ1v) is 5.50. The third-order valence-corrected chi connectivity index (χ3v) is 2.93. The monoisotopic (exact) mass is 221 g/mol. The van der Waals surface area contributed by atoms with Gasteiger partial charge in [-0.1, -0.05) is 30.3 Å². The van der Waals surface area contributed by atoms with Crippen LogP contribution in [0.3, 0.4) is 0 Å². The van der Waals surface area contributed by atoms with E-state index in [1.807, 2.05) is 42.6 Å². The second-order valence-electron chi connectivity index (χ2n) is 3.99. The van der Waals surface area contributed by atoms with Gasteiger partial charge in [0.1, 0.15) is 6.29 Å². The molecule has 0 unspecified atom stereocenters. The molecule has 0 saturated carbocycles. The van der Waals surface area contributed by atoms with Gasteiger partial charge in [-0.2, -0.15) is 0 Å². The summed E-state index contributed by atoms with van der Waals surface area (Å²) in [7, 11) is 0. The number of rotatable bonds is 2. The summed E-state index contributed by atoms with van der Waals surface area (Å²) in [6.07, 6.45) is 2.86. The summed E-state index contributed by atoms with van der Waals surface area (Å²) in [5, 5.41) is 1.08. The number of hydrogen-bond donors (Lipinski definition) is 1. The van der Waals surface area contributed by atoms with Gasteiger partial charge < -0.3 is 4.98 Å². The Hall–Kier alpha value is -2.35. The molecular formula is C15H11NO. The van der Waals surface area contributed by atoms with Gasteiger partial charge in [-0.25, -0.2) is 0 Å². The Morgan fingerprint density at radius 1 is 1.00 bits per heavy atom. The van der Waals surface area contributed by atoms with E-state index in [0.29, 0.717) is 5.56 Å². The van der Waals surface area contributed by atoms with E-state index in [0.717, 1.165) is 28.3 Å². The quantitative estimate of drug-likeness (QED) is 0.658. The van der Waals surface area contributed by atoms with Crippen molar-refractivity contribution in [2.45, 2.75) is 0 Å². The van der Waals surface area contributed by atoms with Gasteiger partial charge >= 0.3 is 0 Å². The Morgan fingerprint density at radius 3 is 2.59 bits per heavy atom. The fourth-order valence-electron chi connectivity index (χ4n) is 2.07. The zero-order valence-corrected chi connectivity index (χ0v) is 9.18. The molecule has 1 heterocycles. The molecule has 0 aliphatic carbocycles. The number of hydrogen-bond acceptors (Lipinski definition) is 1. The van der Waals surface area contributed by atoms with Gasteiger partial charge in [0, 0.05) is 28.2 Å². The minimum atomic E-state index is 0.703. The van der Waals surface area contributed by atoms with E-state index in [9.17, 15) is 4.79 Å². The minimum Gasteiger partial charge on any atom is -0.361 e. The second kappa shape index (κ2) is 3.91. The zero-order valence-electron chi connectivity index (χ0n) is 9.18. The maximum absolute atomic E-state index is 10.8. The summed E-state index contributed by atoms with van der Waals surface area (Å²) in [5.74, 6) is 0. The van der Waals surface area contributed by atoms with E-state index in [-0.39, 0.29) is 0 Å².